The maximum atomic E-state index is 11.3. The Kier molecular flexibility index (Phi) is 8.91. The quantitative estimate of drug-likeness (QED) is 0.546. The molecule has 2 aromatic rings. The maximum Gasteiger partial charge on any atom is 0.339 e. The minimum atomic E-state index is -1.35. The SMILES string of the molecule is CC(=O)c1ccc(C(=O)O)c(O)c1C(C)=O.O=C(O)c1cccnc1.[Al]. The summed E-state index contributed by atoms with van der Waals surface area (Å²) in [6.45, 7) is 2.40. The molecule has 1 aromatic heterocycles. The van der Waals surface area contributed by atoms with Gasteiger partial charge in [0.05, 0.1) is 11.1 Å². The van der Waals surface area contributed by atoms with E-state index in [0.717, 1.165) is 13.0 Å². The van der Waals surface area contributed by atoms with Crippen LogP contribution in [-0.2, 0) is 0 Å². The number of aromatic carboxylic acids is 2. The van der Waals surface area contributed by atoms with Crippen LogP contribution in [0.25, 0.3) is 0 Å². The molecule has 1 aromatic carbocycles. The number of benzene rings is 1. The summed E-state index contributed by atoms with van der Waals surface area (Å²) in [7, 11) is 0. The fourth-order valence-electron chi connectivity index (χ4n) is 1.90. The largest absolute Gasteiger partial charge is 0.506 e. The number of rotatable bonds is 4. The fourth-order valence-corrected chi connectivity index (χ4v) is 1.90. The molecule has 2 rings (SSSR count). The van der Waals surface area contributed by atoms with Crippen molar-refractivity contribution < 1.29 is 34.5 Å². The van der Waals surface area contributed by atoms with Gasteiger partial charge >= 0.3 is 11.9 Å². The zero-order valence-electron chi connectivity index (χ0n) is 14.0. The molecule has 0 spiro atoms. The van der Waals surface area contributed by atoms with Crippen molar-refractivity contribution >= 4 is 40.9 Å². The van der Waals surface area contributed by atoms with Crippen LogP contribution in [0.15, 0.2) is 36.7 Å². The fraction of sp³-hybridized carbons (Fsp3) is 0.118. The van der Waals surface area contributed by atoms with Gasteiger partial charge < -0.3 is 15.3 Å². The molecular formula is C17H15AlNO7. The molecule has 1 heterocycles. The van der Waals surface area contributed by atoms with E-state index in [1.54, 1.807) is 6.07 Å². The highest BCUT2D eigenvalue weighted by Gasteiger charge is 2.21. The van der Waals surface area contributed by atoms with E-state index in [9.17, 15) is 24.3 Å². The Bertz CT molecular complexity index is 835. The van der Waals surface area contributed by atoms with Crippen LogP contribution < -0.4 is 0 Å². The van der Waals surface area contributed by atoms with Gasteiger partial charge in [-0.25, -0.2) is 9.59 Å². The minimum Gasteiger partial charge on any atom is -0.506 e. The predicted molar refractivity (Wildman–Crippen MR) is 92.0 cm³/mol. The zero-order valence-corrected chi connectivity index (χ0v) is 15.1. The molecule has 0 fully saturated rings. The van der Waals surface area contributed by atoms with Gasteiger partial charge in [-0.15, -0.1) is 0 Å². The maximum absolute atomic E-state index is 11.3. The summed E-state index contributed by atoms with van der Waals surface area (Å²) in [4.78, 5) is 47.0. The van der Waals surface area contributed by atoms with E-state index in [0.29, 0.717) is 0 Å². The van der Waals surface area contributed by atoms with Gasteiger partial charge in [-0.1, -0.05) is 0 Å². The van der Waals surface area contributed by atoms with Crippen LogP contribution in [0.1, 0.15) is 55.3 Å². The first kappa shape index (κ1) is 23.0. The third kappa shape index (κ3) is 5.81. The average Bonchev–Trinajstić information content (AvgIpc) is 2.55. The predicted octanol–water partition coefficient (Wildman–Crippen LogP) is 1.89. The second-order valence-electron chi connectivity index (χ2n) is 4.85. The molecule has 0 saturated heterocycles. The van der Waals surface area contributed by atoms with Crippen LogP contribution in [0.2, 0.25) is 0 Å². The van der Waals surface area contributed by atoms with E-state index in [-0.39, 0.29) is 34.1 Å². The molecule has 0 bridgehead atoms. The van der Waals surface area contributed by atoms with Gasteiger partial charge in [-0.3, -0.25) is 14.6 Å². The number of ketones is 2. The Morgan fingerprint density at radius 1 is 0.885 bits per heavy atom. The third-order valence-electron chi connectivity index (χ3n) is 3.05. The Hall–Kier alpha value is -3.02. The van der Waals surface area contributed by atoms with Crippen molar-refractivity contribution in [3.8, 4) is 5.75 Å². The van der Waals surface area contributed by atoms with E-state index in [2.05, 4.69) is 4.98 Å². The second kappa shape index (κ2) is 10.1. The zero-order chi connectivity index (χ0) is 19.1. The number of carboxylic acid groups (broad SMARTS) is 2. The summed E-state index contributed by atoms with van der Waals surface area (Å²) < 4.78 is 0. The number of pyridine rings is 1. The van der Waals surface area contributed by atoms with Crippen molar-refractivity contribution in [2.75, 3.05) is 0 Å². The topological polar surface area (TPSA) is 142 Å². The number of phenols is 1. The van der Waals surface area contributed by atoms with E-state index < -0.39 is 34.8 Å². The van der Waals surface area contributed by atoms with Crippen molar-refractivity contribution in [1.82, 2.24) is 4.98 Å². The van der Waals surface area contributed by atoms with Gasteiger partial charge in [-0.2, -0.15) is 0 Å². The van der Waals surface area contributed by atoms with Crippen LogP contribution in [0.4, 0.5) is 0 Å². The van der Waals surface area contributed by atoms with Crippen LogP contribution in [0.5, 0.6) is 5.75 Å². The van der Waals surface area contributed by atoms with Crippen LogP contribution >= 0.6 is 0 Å². The molecule has 3 radical (unpaired) electrons. The van der Waals surface area contributed by atoms with Crippen molar-refractivity contribution in [3.63, 3.8) is 0 Å². The lowest BCUT2D eigenvalue weighted by Gasteiger charge is -2.08. The number of aromatic hydroxyl groups is 1. The molecule has 0 atom stereocenters. The number of aromatic nitrogens is 1. The molecule has 0 unspecified atom stereocenters. The Morgan fingerprint density at radius 3 is 1.81 bits per heavy atom. The van der Waals surface area contributed by atoms with Crippen molar-refractivity contribution in [2.24, 2.45) is 0 Å². The Labute approximate surface area is 159 Å². The summed E-state index contributed by atoms with van der Waals surface area (Å²) in [5.74, 6) is -3.91. The molecule has 26 heavy (non-hydrogen) atoms. The first-order valence-electron chi connectivity index (χ1n) is 6.91. The minimum absolute atomic E-state index is 0. The van der Waals surface area contributed by atoms with Crippen molar-refractivity contribution in [3.05, 3.63) is 58.9 Å². The highest BCUT2D eigenvalue weighted by molar-refractivity contribution is 6.11. The van der Waals surface area contributed by atoms with Gasteiger partial charge in [0.25, 0.3) is 0 Å². The lowest BCUT2D eigenvalue weighted by atomic mass is 9.97. The van der Waals surface area contributed by atoms with Crippen LogP contribution in [-0.4, -0.2) is 61.2 Å². The number of hydrogen-bond acceptors (Lipinski definition) is 6. The molecule has 0 saturated carbocycles. The van der Waals surface area contributed by atoms with Gasteiger partial charge in [0.2, 0.25) is 0 Å². The number of carbonyl (C=O) groups excluding carboxylic acids is 2. The lowest BCUT2D eigenvalue weighted by molar-refractivity contribution is 0.0683. The molecule has 0 aliphatic rings. The summed E-state index contributed by atoms with van der Waals surface area (Å²) >= 11 is 0. The number of Topliss-reactive ketones (excluding diaryl/α,β-unsaturated/α-hetero) is 2. The first-order chi connectivity index (χ1) is 11.7. The summed E-state index contributed by atoms with van der Waals surface area (Å²) in [5.41, 5.74) is -0.393. The Morgan fingerprint density at radius 2 is 1.46 bits per heavy atom. The van der Waals surface area contributed by atoms with E-state index >= 15 is 0 Å². The van der Waals surface area contributed by atoms with Crippen molar-refractivity contribution in [2.45, 2.75) is 13.8 Å². The van der Waals surface area contributed by atoms with Crippen LogP contribution in [0, 0.1) is 0 Å². The van der Waals surface area contributed by atoms with E-state index in [4.69, 9.17) is 10.2 Å². The number of carbonyl (C=O) groups is 4. The van der Waals surface area contributed by atoms with Gasteiger partial charge in [0.1, 0.15) is 11.3 Å². The molecule has 0 amide bonds. The number of nitrogens with zero attached hydrogens (tertiary/aromatic N) is 1. The van der Waals surface area contributed by atoms with E-state index in [1.807, 2.05) is 0 Å². The lowest BCUT2D eigenvalue weighted by Crippen LogP contribution is -2.08. The molecule has 9 heteroatoms. The monoisotopic (exact) mass is 372 g/mol. The standard InChI is InChI=1S/C11H10O5.C6H5NO2.Al/c1-5(12)7-3-4-8(11(15)16)10(14)9(7)6(2)13;8-6(9)5-2-1-3-7-4-5;/h3-4,14H,1-2H3,(H,15,16);1-4H,(H,8,9);. The molecule has 0 aliphatic heterocycles. The van der Waals surface area contributed by atoms with Crippen molar-refractivity contribution in [1.29, 1.82) is 0 Å². The molecule has 8 nitrogen and oxygen atoms in total. The first-order valence-corrected chi connectivity index (χ1v) is 6.91. The van der Waals surface area contributed by atoms with Gasteiger partial charge in [-0.05, 0) is 38.1 Å². The number of carboxylic acids is 2. The van der Waals surface area contributed by atoms with Gasteiger partial charge in [0, 0.05) is 35.3 Å². The average molecular weight is 372 g/mol. The third-order valence-corrected chi connectivity index (χ3v) is 3.05. The summed E-state index contributed by atoms with van der Waals surface area (Å²) in [6, 6.07) is 5.40. The molecule has 3 N–H and O–H groups in total. The highest BCUT2D eigenvalue weighted by Crippen LogP contribution is 2.27. The summed E-state index contributed by atoms with van der Waals surface area (Å²) in [6.07, 6.45) is 2.84. The van der Waals surface area contributed by atoms with Crippen LogP contribution in [0.3, 0.4) is 0 Å². The number of hydrogen-bond donors (Lipinski definition) is 3. The molecule has 0 aliphatic carbocycles. The molecule has 133 valence electrons. The summed E-state index contributed by atoms with van der Waals surface area (Å²) in [5, 5.41) is 26.7. The highest BCUT2D eigenvalue weighted by atomic mass is 27.0. The normalized spacial score (nSPS) is 9.15. The Balaban J connectivity index is 0.000000532. The smallest absolute Gasteiger partial charge is 0.339 e. The molecular weight excluding hydrogens is 357 g/mol. The van der Waals surface area contributed by atoms with Gasteiger partial charge in [0.15, 0.2) is 11.6 Å². The van der Waals surface area contributed by atoms with E-state index in [1.165, 1.54) is 31.5 Å². The second-order valence-corrected chi connectivity index (χ2v) is 4.85.